The lowest BCUT2D eigenvalue weighted by Gasteiger charge is -2.41. The minimum absolute atomic E-state index is 0.00130. The SMILES string of the molecule is CCNC(=O)c1coc(COc2ccc3c(c2)C(c2cccc(F)c2)N(C(=O)C(C)(C)C)CC3)n1. The molecule has 0 radical (unpaired) electrons. The molecule has 0 bridgehead atoms. The van der Waals surface area contributed by atoms with Gasteiger partial charge in [-0.05, 0) is 54.3 Å². The number of amides is 2. The smallest absolute Gasteiger partial charge is 0.273 e. The molecule has 1 aliphatic rings. The highest BCUT2D eigenvalue weighted by atomic mass is 19.1. The van der Waals surface area contributed by atoms with Gasteiger partial charge in [0.15, 0.2) is 12.3 Å². The second-order valence-electron chi connectivity index (χ2n) is 9.59. The Kier molecular flexibility index (Phi) is 6.91. The molecule has 2 aromatic carbocycles. The zero-order valence-electron chi connectivity index (χ0n) is 20.4. The number of oxazole rings is 1. The van der Waals surface area contributed by atoms with Crippen LogP contribution in [0.5, 0.6) is 5.75 Å². The van der Waals surface area contributed by atoms with Crippen LogP contribution in [-0.2, 0) is 17.8 Å². The summed E-state index contributed by atoms with van der Waals surface area (Å²) in [4.78, 5) is 31.3. The summed E-state index contributed by atoms with van der Waals surface area (Å²) >= 11 is 0. The molecule has 0 aliphatic carbocycles. The predicted molar refractivity (Wildman–Crippen MR) is 128 cm³/mol. The van der Waals surface area contributed by atoms with Crippen LogP contribution >= 0.6 is 0 Å². The normalized spacial score (nSPS) is 15.5. The molecular formula is C27H30FN3O4. The van der Waals surface area contributed by atoms with E-state index in [0.717, 1.165) is 11.1 Å². The molecule has 4 rings (SSSR count). The Hall–Kier alpha value is -3.68. The van der Waals surface area contributed by atoms with Crippen LogP contribution < -0.4 is 10.1 Å². The molecular weight excluding hydrogens is 449 g/mol. The van der Waals surface area contributed by atoms with E-state index in [1.807, 2.05) is 56.9 Å². The van der Waals surface area contributed by atoms with Gasteiger partial charge in [-0.1, -0.05) is 39.0 Å². The van der Waals surface area contributed by atoms with Crippen molar-refractivity contribution in [3.63, 3.8) is 0 Å². The maximum absolute atomic E-state index is 14.2. The summed E-state index contributed by atoms with van der Waals surface area (Å²) in [6.07, 6.45) is 1.99. The molecule has 1 N–H and O–H groups in total. The molecule has 7 nitrogen and oxygen atoms in total. The van der Waals surface area contributed by atoms with Gasteiger partial charge in [-0.3, -0.25) is 9.59 Å². The number of hydrogen-bond acceptors (Lipinski definition) is 5. The number of carbonyl (C=O) groups excluding carboxylic acids is 2. The summed E-state index contributed by atoms with van der Waals surface area (Å²) in [7, 11) is 0. The molecule has 0 spiro atoms. The van der Waals surface area contributed by atoms with Gasteiger partial charge in [-0.2, -0.15) is 0 Å². The van der Waals surface area contributed by atoms with Crippen LogP contribution in [0.1, 0.15) is 66.8 Å². The molecule has 1 atom stereocenters. The van der Waals surface area contributed by atoms with E-state index in [4.69, 9.17) is 9.15 Å². The Morgan fingerprint density at radius 3 is 2.74 bits per heavy atom. The van der Waals surface area contributed by atoms with E-state index in [9.17, 15) is 14.0 Å². The molecule has 1 aliphatic heterocycles. The van der Waals surface area contributed by atoms with Crippen molar-refractivity contribution >= 4 is 11.8 Å². The number of ether oxygens (including phenoxy) is 1. The Morgan fingerprint density at radius 2 is 2.03 bits per heavy atom. The van der Waals surface area contributed by atoms with E-state index in [0.29, 0.717) is 30.8 Å². The van der Waals surface area contributed by atoms with Crippen LogP contribution in [-0.4, -0.2) is 34.8 Å². The Bertz CT molecular complexity index is 1230. The van der Waals surface area contributed by atoms with Crippen LogP contribution in [0.4, 0.5) is 4.39 Å². The van der Waals surface area contributed by atoms with E-state index < -0.39 is 11.5 Å². The number of benzene rings is 2. The molecule has 184 valence electrons. The Labute approximate surface area is 204 Å². The third-order valence-electron chi connectivity index (χ3n) is 5.90. The van der Waals surface area contributed by atoms with Gasteiger partial charge in [0.05, 0.1) is 6.04 Å². The van der Waals surface area contributed by atoms with E-state index in [1.165, 1.54) is 18.4 Å². The number of nitrogens with one attached hydrogen (secondary N) is 1. The van der Waals surface area contributed by atoms with E-state index in [-0.39, 0.29) is 35.8 Å². The molecule has 0 saturated heterocycles. The number of halogens is 1. The van der Waals surface area contributed by atoms with Crippen molar-refractivity contribution in [2.45, 2.75) is 46.8 Å². The molecule has 8 heteroatoms. The van der Waals surface area contributed by atoms with Gasteiger partial charge in [0.1, 0.15) is 17.8 Å². The van der Waals surface area contributed by atoms with Crippen LogP contribution in [0, 0.1) is 11.2 Å². The van der Waals surface area contributed by atoms with Gasteiger partial charge >= 0.3 is 0 Å². The molecule has 0 fully saturated rings. The Balaban J connectivity index is 1.63. The van der Waals surface area contributed by atoms with Crippen molar-refractivity contribution in [1.82, 2.24) is 15.2 Å². The van der Waals surface area contributed by atoms with Crippen LogP contribution in [0.2, 0.25) is 0 Å². The first kappa shape index (κ1) is 24.4. The first-order chi connectivity index (χ1) is 16.7. The highest BCUT2D eigenvalue weighted by Gasteiger charge is 2.37. The molecule has 1 aromatic heterocycles. The highest BCUT2D eigenvalue weighted by molar-refractivity contribution is 5.91. The topological polar surface area (TPSA) is 84.7 Å². The summed E-state index contributed by atoms with van der Waals surface area (Å²) in [6, 6.07) is 11.7. The highest BCUT2D eigenvalue weighted by Crippen LogP contribution is 2.39. The summed E-state index contributed by atoms with van der Waals surface area (Å²) in [5, 5.41) is 2.67. The fraction of sp³-hybridized carbons (Fsp3) is 0.370. The zero-order chi connectivity index (χ0) is 25.2. The standard InChI is InChI=1S/C27H30FN3O4/c1-5-29-25(32)22-15-35-23(30-22)16-34-20-10-9-17-11-12-31(26(33)27(2,3)4)24(21(17)14-20)18-7-6-8-19(28)13-18/h6-10,13-15,24H,5,11-12,16H2,1-4H3,(H,29,32). The quantitative estimate of drug-likeness (QED) is 0.556. The number of rotatable bonds is 6. The number of nitrogens with zero attached hydrogens (tertiary/aromatic N) is 2. The zero-order valence-corrected chi connectivity index (χ0v) is 20.4. The lowest BCUT2D eigenvalue weighted by atomic mass is 9.85. The summed E-state index contributed by atoms with van der Waals surface area (Å²) in [5.74, 6) is 0.180. The van der Waals surface area contributed by atoms with E-state index >= 15 is 0 Å². The minimum Gasteiger partial charge on any atom is -0.484 e. The maximum Gasteiger partial charge on any atom is 0.273 e. The van der Waals surface area contributed by atoms with Crippen molar-refractivity contribution in [3.8, 4) is 5.75 Å². The van der Waals surface area contributed by atoms with Crippen molar-refractivity contribution in [3.05, 3.63) is 82.8 Å². The largest absolute Gasteiger partial charge is 0.484 e. The summed E-state index contributed by atoms with van der Waals surface area (Å²) in [5.41, 5.74) is 2.30. The van der Waals surface area contributed by atoms with Crippen molar-refractivity contribution < 1.29 is 23.1 Å². The number of carbonyl (C=O) groups is 2. The van der Waals surface area contributed by atoms with Gasteiger partial charge in [-0.25, -0.2) is 9.37 Å². The minimum atomic E-state index is -0.579. The lowest BCUT2D eigenvalue weighted by Crippen LogP contribution is -2.45. The second kappa shape index (κ2) is 9.90. The predicted octanol–water partition coefficient (Wildman–Crippen LogP) is 4.66. The summed E-state index contributed by atoms with van der Waals surface area (Å²) in [6.45, 7) is 8.56. The maximum atomic E-state index is 14.2. The van der Waals surface area contributed by atoms with Gasteiger partial charge < -0.3 is 19.4 Å². The van der Waals surface area contributed by atoms with Crippen LogP contribution in [0.3, 0.4) is 0 Å². The molecule has 35 heavy (non-hydrogen) atoms. The third kappa shape index (κ3) is 5.37. The van der Waals surface area contributed by atoms with Gasteiger partial charge in [0.25, 0.3) is 5.91 Å². The second-order valence-corrected chi connectivity index (χ2v) is 9.59. The van der Waals surface area contributed by atoms with Crippen LogP contribution in [0.15, 0.2) is 53.1 Å². The van der Waals surface area contributed by atoms with Crippen molar-refractivity contribution in [1.29, 1.82) is 0 Å². The van der Waals surface area contributed by atoms with Crippen molar-refractivity contribution in [2.75, 3.05) is 13.1 Å². The number of aromatic nitrogens is 1. The Morgan fingerprint density at radius 1 is 1.23 bits per heavy atom. The first-order valence-electron chi connectivity index (χ1n) is 11.7. The van der Waals surface area contributed by atoms with Crippen molar-refractivity contribution in [2.24, 2.45) is 5.41 Å². The molecule has 1 unspecified atom stereocenters. The third-order valence-corrected chi connectivity index (χ3v) is 5.90. The first-order valence-corrected chi connectivity index (χ1v) is 11.7. The van der Waals surface area contributed by atoms with Gasteiger partial charge in [-0.15, -0.1) is 0 Å². The summed E-state index contributed by atoms with van der Waals surface area (Å²) < 4.78 is 25.5. The van der Waals surface area contributed by atoms with Crippen LogP contribution in [0.25, 0.3) is 0 Å². The average molecular weight is 480 g/mol. The molecule has 2 heterocycles. The number of fused-ring (bicyclic) bond motifs is 1. The van der Waals surface area contributed by atoms with Gasteiger partial charge in [0, 0.05) is 18.5 Å². The molecule has 2 amide bonds. The average Bonchev–Trinajstić information content (AvgIpc) is 3.30. The lowest BCUT2D eigenvalue weighted by molar-refractivity contribution is -0.141. The number of hydrogen-bond donors (Lipinski definition) is 1. The monoisotopic (exact) mass is 479 g/mol. The van der Waals surface area contributed by atoms with E-state index in [2.05, 4.69) is 10.3 Å². The fourth-order valence-electron chi connectivity index (χ4n) is 4.25. The molecule has 0 saturated carbocycles. The molecule has 3 aromatic rings. The fourth-order valence-corrected chi connectivity index (χ4v) is 4.25. The van der Waals surface area contributed by atoms with E-state index in [1.54, 1.807) is 6.07 Å². The van der Waals surface area contributed by atoms with Gasteiger partial charge in [0.2, 0.25) is 11.8 Å².